The highest BCUT2D eigenvalue weighted by atomic mass is 32.1. The summed E-state index contributed by atoms with van der Waals surface area (Å²) in [6.45, 7) is 2.23. The fraction of sp³-hybridized carbons (Fsp3) is 0.412. The number of thiophene rings is 1. The summed E-state index contributed by atoms with van der Waals surface area (Å²) < 4.78 is 5.31. The van der Waals surface area contributed by atoms with E-state index in [2.05, 4.69) is 41.9 Å². The molecule has 106 valence electrons. The molecule has 1 heterocycles. The van der Waals surface area contributed by atoms with Crippen molar-refractivity contribution in [2.45, 2.75) is 38.3 Å². The summed E-state index contributed by atoms with van der Waals surface area (Å²) in [7, 11) is 1.72. The first-order chi connectivity index (χ1) is 9.78. The van der Waals surface area contributed by atoms with Gasteiger partial charge < -0.3 is 10.1 Å². The number of benzene rings is 1. The Morgan fingerprint density at radius 2 is 2.25 bits per heavy atom. The van der Waals surface area contributed by atoms with Gasteiger partial charge in [-0.2, -0.15) is 0 Å². The third kappa shape index (κ3) is 2.74. The molecule has 0 aliphatic heterocycles. The fourth-order valence-electron chi connectivity index (χ4n) is 2.97. The van der Waals surface area contributed by atoms with Gasteiger partial charge in [-0.25, -0.2) is 0 Å². The third-order valence-corrected chi connectivity index (χ3v) is 5.09. The number of ether oxygens (including phenoxy) is 1. The van der Waals surface area contributed by atoms with Crippen molar-refractivity contribution in [3.63, 3.8) is 0 Å². The quantitative estimate of drug-likeness (QED) is 0.895. The van der Waals surface area contributed by atoms with Gasteiger partial charge in [0.25, 0.3) is 0 Å². The van der Waals surface area contributed by atoms with Crippen molar-refractivity contribution in [3.8, 4) is 5.75 Å². The van der Waals surface area contributed by atoms with Crippen LogP contribution in [0.5, 0.6) is 5.75 Å². The lowest BCUT2D eigenvalue weighted by atomic mass is 9.93. The maximum absolute atomic E-state index is 5.31. The molecule has 1 aliphatic carbocycles. The van der Waals surface area contributed by atoms with Crippen molar-refractivity contribution >= 4 is 11.3 Å². The van der Waals surface area contributed by atoms with Crippen LogP contribution in [-0.4, -0.2) is 7.11 Å². The zero-order chi connectivity index (χ0) is 13.9. The van der Waals surface area contributed by atoms with Crippen LogP contribution in [-0.2, 0) is 6.42 Å². The van der Waals surface area contributed by atoms with E-state index in [1.54, 1.807) is 12.0 Å². The largest absolute Gasteiger partial charge is 0.497 e. The van der Waals surface area contributed by atoms with E-state index in [1.165, 1.54) is 30.4 Å². The van der Waals surface area contributed by atoms with E-state index < -0.39 is 0 Å². The highest BCUT2D eigenvalue weighted by Gasteiger charge is 2.22. The first-order valence-corrected chi connectivity index (χ1v) is 8.12. The van der Waals surface area contributed by atoms with E-state index in [0.29, 0.717) is 12.1 Å². The number of fused-ring (bicyclic) bond motifs is 1. The maximum Gasteiger partial charge on any atom is 0.119 e. The second-order valence-corrected chi connectivity index (χ2v) is 6.41. The minimum Gasteiger partial charge on any atom is -0.497 e. The van der Waals surface area contributed by atoms with E-state index in [4.69, 9.17) is 4.74 Å². The number of hydrogen-bond acceptors (Lipinski definition) is 3. The number of hydrogen-bond donors (Lipinski definition) is 1. The van der Waals surface area contributed by atoms with Crippen LogP contribution >= 0.6 is 11.3 Å². The van der Waals surface area contributed by atoms with Crippen molar-refractivity contribution in [2.75, 3.05) is 7.11 Å². The van der Waals surface area contributed by atoms with Crippen LogP contribution in [0.4, 0.5) is 0 Å². The maximum atomic E-state index is 5.31. The molecule has 2 aromatic rings. The Morgan fingerprint density at radius 1 is 1.35 bits per heavy atom. The third-order valence-electron chi connectivity index (χ3n) is 4.10. The Morgan fingerprint density at radius 3 is 3.10 bits per heavy atom. The van der Waals surface area contributed by atoms with E-state index in [-0.39, 0.29) is 0 Å². The molecule has 3 heteroatoms. The molecule has 0 fully saturated rings. The van der Waals surface area contributed by atoms with E-state index >= 15 is 0 Å². The van der Waals surface area contributed by atoms with Crippen molar-refractivity contribution in [1.29, 1.82) is 0 Å². The molecule has 1 aliphatic rings. The standard InChI is InChI=1S/C17H21NOS/c1-12(13-5-3-6-14(11-13)19-2)18-16-7-4-8-17-15(16)9-10-20-17/h3,5-6,9-12,16,18H,4,7-8H2,1-2H3. The summed E-state index contributed by atoms with van der Waals surface area (Å²) in [6, 6.07) is 11.4. The second kappa shape index (κ2) is 5.98. The molecular weight excluding hydrogens is 266 g/mol. The van der Waals surface area contributed by atoms with Crippen LogP contribution in [0.3, 0.4) is 0 Å². The van der Waals surface area contributed by atoms with Gasteiger partial charge in [0.05, 0.1) is 7.11 Å². The molecule has 0 spiro atoms. The van der Waals surface area contributed by atoms with Gasteiger partial charge >= 0.3 is 0 Å². The van der Waals surface area contributed by atoms with Crippen LogP contribution in [0, 0.1) is 0 Å². The van der Waals surface area contributed by atoms with Gasteiger partial charge in [0, 0.05) is 17.0 Å². The molecule has 0 radical (unpaired) electrons. The Bertz CT molecular complexity index is 578. The van der Waals surface area contributed by atoms with E-state index in [0.717, 1.165) is 5.75 Å². The van der Waals surface area contributed by atoms with Crippen molar-refractivity contribution in [3.05, 3.63) is 51.7 Å². The topological polar surface area (TPSA) is 21.3 Å². The summed E-state index contributed by atoms with van der Waals surface area (Å²) in [6.07, 6.45) is 3.77. The average Bonchev–Trinajstić information content (AvgIpc) is 2.97. The van der Waals surface area contributed by atoms with Gasteiger partial charge in [-0.3, -0.25) is 0 Å². The van der Waals surface area contributed by atoms with Crippen molar-refractivity contribution < 1.29 is 4.74 Å². The van der Waals surface area contributed by atoms with Crippen LogP contribution in [0.15, 0.2) is 35.7 Å². The number of nitrogens with one attached hydrogen (secondary N) is 1. The minimum atomic E-state index is 0.334. The molecule has 0 saturated heterocycles. The van der Waals surface area contributed by atoms with Crippen molar-refractivity contribution in [2.24, 2.45) is 0 Å². The van der Waals surface area contributed by atoms with E-state index in [9.17, 15) is 0 Å². The summed E-state index contributed by atoms with van der Waals surface area (Å²) in [5.74, 6) is 0.927. The Balaban J connectivity index is 1.75. The molecule has 2 nitrogen and oxygen atoms in total. The van der Waals surface area contributed by atoms with Crippen LogP contribution in [0.25, 0.3) is 0 Å². The number of rotatable bonds is 4. The first-order valence-electron chi connectivity index (χ1n) is 7.24. The molecule has 1 aromatic carbocycles. The van der Waals surface area contributed by atoms with Gasteiger partial charge in [0.15, 0.2) is 0 Å². The SMILES string of the molecule is COc1cccc(C(C)NC2CCCc3sccc32)c1. The molecule has 1 aromatic heterocycles. The molecule has 2 atom stereocenters. The Labute approximate surface area is 124 Å². The lowest BCUT2D eigenvalue weighted by molar-refractivity contribution is 0.405. The van der Waals surface area contributed by atoms with E-state index in [1.807, 2.05) is 17.4 Å². The van der Waals surface area contributed by atoms with Crippen LogP contribution < -0.4 is 10.1 Å². The molecule has 20 heavy (non-hydrogen) atoms. The Hall–Kier alpha value is -1.32. The number of aryl methyl sites for hydroxylation is 1. The van der Waals surface area contributed by atoms with Crippen LogP contribution in [0.1, 0.15) is 47.9 Å². The number of methoxy groups -OCH3 is 1. The smallest absolute Gasteiger partial charge is 0.119 e. The van der Waals surface area contributed by atoms with Crippen LogP contribution in [0.2, 0.25) is 0 Å². The van der Waals surface area contributed by atoms with Crippen molar-refractivity contribution in [1.82, 2.24) is 5.32 Å². The average molecular weight is 287 g/mol. The summed E-state index contributed by atoms with van der Waals surface area (Å²) in [5.41, 5.74) is 2.79. The lowest BCUT2D eigenvalue weighted by Gasteiger charge is -2.27. The zero-order valence-corrected chi connectivity index (χ0v) is 12.9. The summed E-state index contributed by atoms with van der Waals surface area (Å²) in [5, 5.41) is 6.00. The predicted molar refractivity (Wildman–Crippen MR) is 84.5 cm³/mol. The molecule has 3 rings (SSSR count). The first kappa shape index (κ1) is 13.7. The van der Waals surface area contributed by atoms with Gasteiger partial charge in [-0.15, -0.1) is 11.3 Å². The van der Waals surface area contributed by atoms with Gasteiger partial charge in [0.1, 0.15) is 5.75 Å². The van der Waals surface area contributed by atoms with Gasteiger partial charge in [-0.1, -0.05) is 12.1 Å². The highest BCUT2D eigenvalue weighted by molar-refractivity contribution is 7.10. The highest BCUT2D eigenvalue weighted by Crippen LogP contribution is 2.35. The Kier molecular flexibility index (Phi) is 4.08. The molecule has 1 N–H and O–H groups in total. The molecule has 2 unspecified atom stereocenters. The normalized spacial score (nSPS) is 19.4. The monoisotopic (exact) mass is 287 g/mol. The fourth-order valence-corrected chi connectivity index (χ4v) is 3.96. The van der Waals surface area contributed by atoms with Gasteiger partial charge in [-0.05, 0) is 60.9 Å². The van der Waals surface area contributed by atoms with Gasteiger partial charge in [0.2, 0.25) is 0 Å². The summed E-state index contributed by atoms with van der Waals surface area (Å²) >= 11 is 1.90. The molecule has 0 amide bonds. The predicted octanol–water partition coefficient (Wildman–Crippen LogP) is 4.48. The molecule has 0 saturated carbocycles. The molecular formula is C17H21NOS. The summed E-state index contributed by atoms with van der Waals surface area (Å²) in [4.78, 5) is 1.56. The molecule has 0 bridgehead atoms. The minimum absolute atomic E-state index is 0.334. The zero-order valence-electron chi connectivity index (χ0n) is 12.1. The lowest BCUT2D eigenvalue weighted by Crippen LogP contribution is -2.27. The second-order valence-electron chi connectivity index (χ2n) is 5.41.